The number of aryl methyl sites for hydroxylation is 1. The first-order valence-corrected chi connectivity index (χ1v) is 9.66. The standard InChI is InChI=1S/C15H20N6O5S/c1-11-13(8-16-18(11)2)27(25,26)21-5-3-19(4-6-21)14(22)10-20-9-12(7-17-20)15(23)24/h7-9H,3-6,10H2,1-2H3,(H,23,24). The fourth-order valence-corrected chi connectivity index (χ4v) is 4.46. The summed E-state index contributed by atoms with van der Waals surface area (Å²) < 4.78 is 29.6. The zero-order valence-electron chi connectivity index (χ0n) is 14.9. The van der Waals surface area contributed by atoms with Gasteiger partial charge in [-0.25, -0.2) is 13.2 Å². The third-order valence-electron chi connectivity index (χ3n) is 4.58. The normalized spacial score (nSPS) is 15.9. The van der Waals surface area contributed by atoms with Crippen molar-refractivity contribution in [2.24, 2.45) is 7.05 Å². The summed E-state index contributed by atoms with van der Waals surface area (Å²) >= 11 is 0. The van der Waals surface area contributed by atoms with E-state index >= 15 is 0 Å². The average molecular weight is 396 g/mol. The Balaban J connectivity index is 1.61. The van der Waals surface area contributed by atoms with Gasteiger partial charge in [0.2, 0.25) is 15.9 Å². The molecule has 0 aromatic carbocycles. The van der Waals surface area contributed by atoms with Crippen molar-refractivity contribution in [2.45, 2.75) is 18.4 Å². The summed E-state index contributed by atoms with van der Waals surface area (Å²) in [5.74, 6) is -1.36. The Hall–Kier alpha value is -2.73. The van der Waals surface area contributed by atoms with Gasteiger partial charge in [-0.1, -0.05) is 0 Å². The second-order valence-corrected chi connectivity index (χ2v) is 8.14. The minimum Gasteiger partial charge on any atom is -0.478 e. The highest BCUT2D eigenvalue weighted by Gasteiger charge is 2.32. The topological polar surface area (TPSA) is 131 Å². The third-order valence-corrected chi connectivity index (χ3v) is 6.58. The molecule has 0 atom stereocenters. The number of carbonyl (C=O) groups excluding carboxylic acids is 1. The average Bonchev–Trinajstić information content (AvgIpc) is 3.23. The lowest BCUT2D eigenvalue weighted by atomic mass is 10.3. The van der Waals surface area contributed by atoms with Crippen LogP contribution in [0.1, 0.15) is 16.1 Å². The quantitative estimate of drug-likeness (QED) is 0.697. The van der Waals surface area contributed by atoms with E-state index in [-0.39, 0.29) is 49.1 Å². The Morgan fingerprint density at radius 1 is 1.15 bits per heavy atom. The molecule has 1 N–H and O–H groups in total. The number of carbonyl (C=O) groups is 2. The minimum absolute atomic E-state index is 0.00514. The van der Waals surface area contributed by atoms with E-state index < -0.39 is 16.0 Å². The number of piperazine rings is 1. The third kappa shape index (κ3) is 3.71. The number of aromatic nitrogens is 4. The largest absolute Gasteiger partial charge is 0.478 e. The fraction of sp³-hybridized carbons (Fsp3) is 0.467. The summed E-state index contributed by atoms with van der Waals surface area (Å²) in [6, 6.07) is 0. The Labute approximate surface area is 155 Å². The predicted molar refractivity (Wildman–Crippen MR) is 92.5 cm³/mol. The van der Waals surface area contributed by atoms with E-state index in [1.807, 2.05) is 0 Å². The van der Waals surface area contributed by atoms with Gasteiger partial charge in [0.1, 0.15) is 11.4 Å². The van der Waals surface area contributed by atoms with Crippen LogP contribution in [0.3, 0.4) is 0 Å². The van der Waals surface area contributed by atoms with Gasteiger partial charge in [-0.05, 0) is 6.92 Å². The van der Waals surface area contributed by atoms with E-state index in [0.717, 1.165) is 0 Å². The molecule has 0 bridgehead atoms. The molecule has 2 aromatic heterocycles. The highest BCUT2D eigenvalue weighted by molar-refractivity contribution is 7.89. The number of hydrogen-bond acceptors (Lipinski definition) is 6. The van der Waals surface area contributed by atoms with Crippen molar-refractivity contribution < 1.29 is 23.1 Å². The van der Waals surface area contributed by atoms with Crippen LogP contribution in [0.5, 0.6) is 0 Å². The van der Waals surface area contributed by atoms with Crippen LogP contribution in [0.15, 0.2) is 23.5 Å². The van der Waals surface area contributed by atoms with Crippen molar-refractivity contribution >= 4 is 21.9 Å². The molecular weight excluding hydrogens is 376 g/mol. The molecule has 1 saturated heterocycles. The van der Waals surface area contributed by atoms with Crippen molar-refractivity contribution in [3.05, 3.63) is 29.8 Å². The smallest absolute Gasteiger partial charge is 0.338 e. The van der Waals surface area contributed by atoms with E-state index in [1.54, 1.807) is 18.9 Å². The van der Waals surface area contributed by atoms with Crippen LogP contribution in [0, 0.1) is 6.92 Å². The molecular formula is C15H20N6O5S. The highest BCUT2D eigenvalue weighted by atomic mass is 32.2. The van der Waals surface area contributed by atoms with E-state index in [2.05, 4.69) is 10.2 Å². The first kappa shape index (κ1) is 19.0. The fourth-order valence-electron chi connectivity index (χ4n) is 2.85. The van der Waals surface area contributed by atoms with Crippen molar-refractivity contribution in [3.8, 4) is 0 Å². The van der Waals surface area contributed by atoms with Gasteiger partial charge >= 0.3 is 5.97 Å². The lowest BCUT2D eigenvalue weighted by molar-refractivity contribution is -0.133. The molecule has 3 rings (SSSR count). The number of carboxylic acid groups (broad SMARTS) is 1. The van der Waals surface area contributed by atoms with Gasteiger partial charge in [-0.2, -0.15) is 14.5 Å². The molecule has 11 nitrogen and oxygen atoms in total. The molecule has 1 aliphatic heterocycles. The minimum atomic E-state index is -3.66. The number of rotatable bonds is 5. The molecule has 3 heterocycles. The van der Waals surface area contributed by atoms with Gasteiger partial charge in [-0.15, -0.1) is 0 Å². The Morgan fingerprint density at radius 2 is 1.81 bits per heavy atom. The summed E-state index contributed by atoms with van der Waals surface area (Å²) in [5.41, 5.74) is 0.562. The summed E-state index contributed by atoms with van der Waals surface area (Å²) in [4.78, 5) is 24.9. The molecule has 12 heteroatoms. The highest BCUT2D eigenvalue weighted by Crippen LogP contribution is 2.20. The van der Waals surface area contributed by atoms with Crippen LogP contribution < -0.4 is 0 Å². The maximum Gasteiger partial charge on any atom is 0.338 e. The molecule has 1 aliphatic rings. The summed E-state index contributed by atoms with van der Waals surface area (Å²) in [6.07, 6.45) is 3.79. The first-order chi connectivity index (χ1) is 12.7. The van der Waals surface area contributed by atoms with Crippen LogP contribution in [0.25, 0.3) is 0 Å². The van der Waals surface area contributed by atoms with Gasteiger partial charge in [0.15, 0.2) is 0 Å². The zero-order valence-corrected chi connectivity index (χ0v) is 15.8. The van der Waals surface area contributed by atoms with Crippen LogP contribution in [0.2, 0.25) is 0 Å². The van der Waals surface area contributed by atoms with Crippen LogP contribution >= 0.6 is 0 Å². The van der Waals surface area contributed by atoms with E-state index in [4.69, 9.17) is 5.11 Å². The monoisotopic (exact) mass is 396 g/mol. The van der Waals surface area contributed by atoms with Gasteiger partial charge in [0.05, 0.1) is 23.7 Å². The van der Waals surface area contributed by atoms with E-state index in [0.29, 0.717) is 5.69 Å². The van der Waals surface area contributed by atoms with Gasteiger partial charge in [-0.3, -0.25) is 14.2 Å². The van der Waals surface area contributed by atoms with Crippen LogP contribution in [-0.4, -0.2) is 80.3 Å². The molecule has 0 aliphatic carbocycles. The molecule has 1 fully saturated rings. The Bertz CT molecular complexity index is 971. The molecule has 2 aromatic rings. The number of aromatic carboxylic acids is 1. The van der Waals surface area contributed by atoms with Gasteiger partial charge < -0.3 is 10.0 Å². The SMILES string of the molecule is Cc1c(S(=O)(=O)N2CCN(C(=O)Cn3cc(C(=O)O)cn3)CC2)cnn1C. The van der Waals surface area contributed by atoms with E-state index in [1.165, 1.54) is 32.3 Å². The van der Waals surface area contributed by atoms with Crippen molar-refractivity contribution in [1.29, 1.82) is 0 Å². The van der Waals surface area contributed by atoms with Crippen LogP contribution in [-0.2, 0) is 28.4 Å². The second kappa shape index (κ2) is 7.12. The summed E-state index contributed by atoms with van der Waals surface area (Å²) in [7, 11) is -1.98. The maximum atomic E-state index is 12.8. The lowest BCUT2D eigenvalue weighted by Crippen LogP contribution is -2.51. The Morgan fingerprint density at radius 3 is 2.33 bits per heavy atom. The van der Waals surface area contributed by atoms with Crippen LogP contribution in [0.4, 0.5) is 0 Å². The van der Waals surface area contributed by atoms with E-state index in [9.17, 15) is 18.0 Å². The molecule has 1 amide bonds. The molecule has 0 spiro atoms. The molecule has 146 valence electrons. The van der Waals surface area contributed by atoms with Crippen molar-refractivity contribution in [3.63, 3.8) is 0 Å². The number of amides is 1. The number of sulfonamides is 1. The Kier molecular flexibility index (Phi) is 5.02. The molecule has 27 heavy (non-hydrogen) atoms. The number of carboxylic acids is 1. The predicted octanol–water partition coefficient (Wildman–Crippen LogP) is -0.844. The number of nitrogens with zero attached hydrogens (tertiary/aromatic N) is 6. The molecule has 0 saturated carbocycles. The summed E-state index contributed by atoms with van der Waals surface area (Å²) in [6.45, 7) is 2.47. The summed E-state index contributed by atoms with van der Waals surface area (Å²) in [5, 5.41) is 16.7. The first-order valence-electron chi connectivity index (χ1n) is 8.22. The maximum absolute atomic E-state index is 12.8. The van der Waals surface area contributed by atoms with Gasteiger partial charge in [0, 0.05) is 39.4 Å². The van der Waals surface area contributed by atoms with Crippen molar-refractivity contribution in [1.82, 2.24) is 28.8 Å². The molecule has 0 radical (unpaired) electrons. The lowest BCUT2D eigenvalue weighted by Gasteiger charge is -2.33. The molecule has 0 unspecified atom stereocenters. The second-order valence-electron chi connectivity index (χ2n) is 6.23. The zero-order chi connectivity index (χ0) is 19.8. The van der Waals surface area contributed by atoms with Crippen molar-refractivity contribution in [2.75, 3.05) is 26.2 Å². The number of hydrogen-bond donors (Lipinski definition) is 1. The van der Waals surface area contributed by atoms with Gasteiger partial charge in [0.25, 0.3) is 0 Å².